The molecule has 5 nitrogen and oxygen atoms in total. The van der Waals surface area contributed by atoms with Crippen LogP contribution in [0, 0.1) is 0 Å². The quantitative estimate of drug-likeness (QED) is 0.823. The number of carbonyl (C=O) groups excluding carboxylic acids is 1. The molecule has 3 rings (SSSR count). The summed E-state index contributed by atoms with van der Waals surface area (Å²) in [6.45, 7) is 0.426. The van der Waals surface area contributed by atoms with Crippen molar-refractivity contribution in [3.8, 4) is 5.75 Å². The number of carbonyl (C=O) groups is 1. The van der Waals surface area contributed by atoms with Crippen molar-refractivity contribution in [2.45, 2.75) is 19.1 Å². The third kappa shape index (κ3) is 4.39. The van der Waals surface area contributed by atoms with Crippen LogP contribution in [0.4, 0.5) is 0 Å². The first-order chi connectivity index (χ1) is 11.9. The van der Waals surface area contributed by atoms with Gasteiger partial charge in [-0.05, 0) is 36.2 Å². The Morgan fingerprint density at radius 2 is 1.80 bits per heavy atom. The van der Waals surface area contributed by atoms with Gasteiger partial charge in [0.25, 0.3) is 5.91 Å². The van der Waals surface area contributed by atoms with Crippen LogP contribution in [-0.4, -0.2) is 43.8 Å². The average Bonchev–Trinajstić information content (AvgIpc) is 3.00. The van der Waals surface area contributed by atoms with Crippen LogP contribution >= 0.6 is 0 Å². The minimum Gasteiger partial charge on any atom is -0.489 e. The summed E-state index contributed by atoms with van der Waals surface area (Å²) in [6, 6.07) is 16.5. The van der Waals surface area contributed by atoms with Crippen LogP contribution < -0.4 is 4.74 Å². The highest BCUT2D eigenvalue weighted by molar-refractivity contribution is 7.91. The molecule has 1 amide bonds. The summed E-state index contributed by atoms with van der Waals surface area (Å²) < 4.78 is 28.9. The number of para-hydroxylation sites is 1. The SMILES string of the molecule is CN(C(=O)c1ccc(COc2ccccc2)cc1)[C@@H]1CCS(=O)(=O)C1. The average molecular weight is 359 g/mol. The zero-order chi connectivity index (χ0) is 17.9. The molecule has 1 heterocycles. The standard InChI is InChI=1S/C19H21NO4S/c1-20(17-11-12-25(22,23)14-17)19(21)16-9-7-15(8-10-16)13-24-18-5-3-2-4-6-18/h2-10,17H,11-14H2,1H3/t17-/m1/s1. The summed E-state index contributed by atoms with van der Waals surface area (Å²) in [7, 11) is -1.34. The van der Waals surface area contributed by atoms with E-state index < -0.39 is 9.84 Å². The number of sulfone groups is 1. The van der Waals surface area contributed by atoms with Crippen molar-refractivity contribution >= 4 is 15.7 Å². The van der Waals surface area contributed by atoms with Crippen LogP contribution in [0.25, 0.3) is 0 Å². The lowest BCUT2D eigenvalue weighted by Crippen LogP contribution is -2.37. The molecule has 25 heavy (non-hydrogen) atoms. The number of benzene rings is 2. The molecular formula is C19H21NO4S. The number of amides is 1. The van der Waals surface area contributed by atoms with Crippen LogP contribution in [0.2, 0.25) is 0 Å². The third-order valence-electron chi connectivity index (χ3n) is 4.43. The van der Waals surface area contributed by atoms with E-state index in [1.165, 1.54) is 0 Å². The van der Waals surface area contributed by atoms with E-state index in [0.717, 1.165) is 11.3 Å². The highest BCUT2D eigenvalue weighted by atomic mass is 32.2. The number of ether oxygens (including phenoxy) is 1. The first-order valence-corrected chi connectivity index (χ1v) is 10.0. The maximum absolute atomic E-state index is 12.5. The topological polar surface area (TPSA) is 63.7 Å². The Kier molecular flexibility index (Phi) is 5.08. The molecule has 132 valence electrons. The molecule has 1 saturated heterocycles. The van der Waals surface area contributed by atoms with E-state index in [-0.39, 0.29) is 23.5 Å². The fourth-order valence-corrected chi connectivity index (χ4v) is 4.65. The van der Waals surface area contributed by atoms with Crippen LogP contribution in [0.3, 0.4) is 0 Å². The normalized spacial score (nSPS) is 18.7. The third-order valence-corrected chi connectivity index (χ3v) is 6.18. The molecule has 0 spiro atoms. The van der Waals surface area contributed by atoms with Gasteiger partial charge in [-0.2, -0.15) is 0 Å². The number of hydrogen-bond acceptors (Lipinski definition) is 4. The maximum Gasteiger partial charge on any atom is 0.253 e. The van der Waals surface area contributed by atoms with E-state index >= 15 is 0 Å². The Balaban J connectivity index is 1.60. The molecule has 1 atom stereocenters. The van der Waals surface area contributed by atoms with Crippen molar-refractivity contribution in [3.05, 3.63) is 65.7 Å². The molecule has 2 aromatic rings. The van der Waals surface area contributed by atoms with Crippen LogP contribution in [0.5, 0.6) is 5.75 Å². The van der Waals surface area contributed by atoms with Crippen molar-refractivity contribution in [2.75, 3.05) is 18.6 Å². The molecule has 0 bridgehead atoms. The molecule has 1 aliphatic heterocycles. The second kappa shape index (κ2) is 7.27. The van der Waals surface area contributed by atoms with Crippen molar-refractivity contribution in [1.29, 1.82) is 0 Å². The predicted octanol–water partition coefficient (Wildman–Crippen LogP) is 2.52. The van der Waals surface area contributed by atoms with Crippen LogP contribution in [0.1, 0.15) is 22.3 Å². The van der Waals surface area contributed by atoms with Crippen LogP contribution in [-0.2, 0) is 16.4 Å². The number of nitrogens with zero attached hydrogens (tertiary/aromatic N) is 1. The van der Waals surface area contributed by atoms with Gasteiger partial charge in [0.2, 0.25) is 0 Å². The van der Waals surface area contributed by atoms with Gasteiger partial charge < -0.3 is 9.64 Å². The maximum atomic E-state index is 12.5. The predicted molar refractivity (Wildman–Crippen MR) is 96.4 cm³/mol. The first kappa shape index (κ1) is 17.5. The molecule has 0 saturated carbocycles. The minimum atomic E-state index is -3.01. The second-order valence-electron chi connectivity index (χ2n) is 6.27. The van der Waals surface area contributed by atoms with Gasteiger partial charge in [-0.3, -0.25) is 4.79 Å². The van der Waals surface area contributed by atoms with E-state index in [2.05, 4.69) is 0 Å². The fourth-order valence-electron chi connectivity index (χ4n) is 2.88. The largest absolute Gasteiger partial charge is 0.489 e. The number of hydrogen-bond donors (Lipinski definition) is 0. The molecule has 6 heteroatoms. The Hall–Kier alpha value is -2.34. The fraction of sp³-hybridized carbons (Fsp3) is 0.316. The highest BCUT2D eigenvalue weighted by Crippen LogP contribution is 2.19. The van der Waals surface area contributed by atoms with Crippen molar-refractivity contribution < 1.29 is 17.9 Å². The smallest absolute Gasteiger partial charge is 0.253 e. The summed E-state index contributed by atoms with van der Waals surface area (Å²) >= 11 is 0. The lowest BCUT2D eigenvalue weighted by molar-refractivity contribution is 0.0747. The van der Waals surface area contributed by atoms with Gasteiger partial charge in [0.1, 0.15) is 12.4 Å². The van der Waals surface area contributed by atoms with Gasteiger partial charge in [0.15, 0.2) is 9.84 Å². The first-order valence-electron chi connectivity index (χ1n) is 8.19. The molecule has 0 aliphatic carbocycles. The molecular weight excluding hydrogens is 338 g/mol. The molecule has 0 aromatic heterocycles. The monoisotopic (exact) mass is 359 g/mol. The van der Waals surface area contributed by atoms with E-state index in [1.54, 1.807) is 24.1 Å². The number of rotatable bonds is 5. The van der Waals surface area contributed by atoms with Crippen molar-refractivity contribution in [2.24, 2.45) is 0 Å². The Bertz CT molecular complexity index is 831. The van der Waals surface area contributed by atoms with Gasteiger partial charge in [0, 0.05) is 18.7 Å². The van der Waals surface area contributed by atoms with Gasteiger partial charge in [0.05, 0.1) is 11.5 Å². The minimum absolute atomic E-state index is 0.0538. The highest BCUT2D eigenvalue weighted by Gasteiger charge is 2.32. The lowest BCUT2D eigenvalue weighted by atomic mass is 10.1. The zero-order valence-corrected chi connectivity index (χ0v) is 14.9. The molecule has 0 N–H and O–H groups in total. The Morgan fingerprint density at radius 3 is 2.40 bits per heavy atom. The van der Waals surface area contributed by atoms with E-state index in [1.807, 2.05) is 42.5 Å². The van der Waals surface area contributed by atoms with Crippen LogP contribution in [0.15, 0.2) is 54.6 Å². The molecule has 2 aromatic carbocycles. The zero-order valence-electron chi connectivity index (χ0n) is 14.1. The molecule has 0 radical (unpaired) electrons. The van der Waals surface area contributed by atoms with E-state index in [9.17, 15) is 13.2 Å². The second-order valence-corrected chi connectivity index (χ2v) is 8.50. The van der Waals surface area contributed by atoms with Gasteiger partial charge in [-0.15, -0.1) is 0 Å². The molecule has 1 aliphatic rings. The van der Waals surface area contributed by atoms with Gasteiger partial charge in [-0.1, -0.05) is 30.3 Å². The lowest BCUT2D eigenvalue weighted by Gasteiger charge is -2.23. The van der Waals surface area contributed by atoms with Crippen molar-refractivity contribution in [3.63, 3.8) is 0 Å². The summed E-state index contributed by atoms with van der Waals surface area (Å²) in [5.41, 5.74) is 1.52. The summed E-state index contributed by atoms with van der Waals surface area (Å²) in [6.07, 6.45) is 0.508. The molecule has 1 fully saturated rings. The van der Waals surface area contributed by atoms with E-state index in [4.69, 9.17) is 4.74 Å². The summed E-state index contributed by atoms with van der Waals surface area (Å²) in [5, 5.41) is 0. The van der Waals surface area contributed by atoms with E-state index in [0.29, 0.717) is 18.6 Å². The molecule has 0 unspecified atom stereocenters. The van der Waals surface area contributed by atoms with Gasteiger partial charge >= 0.3 is 0 Å². The summed E-state index contributed by atoms with van der Waals surface area (Å²) in [5.74, 6) is 0.853. The Labute approximate surface area is 148 Å². The van der Waals surface area contributed by atoms with Crippen molar-refractivity contribution in [1.82, 2.24) is 4.90 Å². The van der Waals surface area contributed by atoms with Gasteiger partial charge in [-0.25, -0.2) is 8.42 Å². The summed E-state index contributed by atoms with van der Waals surface area (Å²) in [4.78, 5) is 14.1. The Morgan fingerprint density at radius 1 is 1.12 bits per heavy atom.